The lowest BCUT2D eigenvalue weighted by Crippen LogP contribution is -1.98. The number of hydrogen-bond donors (Lipinski definition) is 0. The smallest absolute Gasteiger partial charge is 0.339 e. The van der Waals surface area contributed by atoms with E-state index in [1.165, 1.54) is 0 Å². The Morgan fingerprint density at radius 3 is 2.25 bits per heavy atom. The molecule has 20 heavy (non-hydrogen) atoms. The predicted molar refractivity (Wildman–Crippen MR) is 82.6 cm³/mol. The normalized spacial score (nSPS) is 9.45. The van der Waals surface area contributed by atoms with Gasteiger partial charge in [-0.2, -0.15) is 0 Å². The van der Waals surface area contributed by atoms with Crippen LogP contribution >= 0.6 is 0 Å². The van der Waals surface area contributed by atoms with Crippen molar-refractivity contribution in [3.63, 3.8) is 0 Å². The molecule has 1 aromatic heterocycles. The molecule has 0 aliphatic rings. The lowest BCUT2D eigenvalue weighted by molar-refractivity contribution is 0.541. The first kappa shape index (κ1) is 15.9. The minimum atomic E-state index is -0.665. The zero-order valence-electron chi connectivity index (χ0n) is 12.2. The second-order valence-corrected chi connectivity index (χ2v) is 3.58. The Morgan fingerprint density at radius 2 is 1.55 bits per heavy atom. The molecule has 3 aromatic rings. The highest BCUT2D eigenvalue weighted by Crippen LogP contribution is 2.25. The van der Waals surface area contributed by atoms with Crippen LogP contribution in [0.3, 0.4) is 0 Å². The summed E-state index contributed by atoms with van der Waals surface area (Å²) in [7, 11) is 0. The summed E-state index contributed by atoms with van der Waals surface area (Å²) >= 11 is 0. The molecule has 0 radical (unpaired) electrons. The molecule has 3 rings (SSSR count). The Balaban J connectivity index is 0.000000461. The topological polar surface area (TPSA) is 30.2 Å². The fourth-order valence-electron chi connectivity index (χ4n) is 1.85. The fourth-order valence-corrected chi connectivity index (χ4v) is 1.85. The van der Waals surface area contributed by atoms with E-state index in [9.17, 15) is 9.18 Å². The van der Waals surface area contributed by atoms with Gasteiger partial charge in [0.05, 0.1) is 11.5 Å². The minimum Gasteiger partial charge on any atom is -0.422 e. The third kappa shape index (κ3) is 3.05. The molecule has 0 saturated heterocycles. The van der Waals surface area contributed by atoms with Crippen LogP contribution < -0.4 is 5.63 Å². The van der Waals surface area contributed by atoms with Gasteiger partial charge in [0.1, 0.15) is 11.4 Å². The van der Waals surface area contributed by atoms with E-state index in [2.05, 4.69) is 0 Å². The highest BCUT2D eigenvalue weighted by atomic mass is 19.1. The Kier molecular flexibility index (Phi) is 5.91. The van der Waals surface area contributed by atoms with Gasteiger partial charge in [0.25, 0.3) is 0 Å². The highest BCUT2D eigenvalue weighted by molar-refractivity contribution is 6.03. The Labute approximate surface area is 117 Å². The highest BCUT2D eigenvalue weighted by Gasteiger charge is 2.07. The molecule has 0 aliphatic heterocycles. The first-order chi connectivity index (χ1) is 9.75. The lowest BCUT2D eigenvalue weighted by Gasteiger charge is -2.02. The van der Waals surface area contributed by atoms with Gasteiger partial charge in [0.2, 0.25) is 0 Å². The van der Waals surface area contributed by atoms with E-state index in [1.54, 1.807) is 18.2 Å². The number of benzene rings is 2. The average Bonchev–Trinajstić information content (AvgIpc) is 2.51. The fraction of sp³-hybridized carbons (Fsp3) is 0.235. The minimum absolute atomic E-state index is 0.308. The van der Waals surface area contributed by atoms with Gasteiger partial charge < -0.3 is 4.42 Å². The number of rotatable bonds is 0. The van der Waals surface area contributed by atoms with E-state index >= 15 is 0 Å². The molecule has 0 aliphatic carbocycles. The van der Waals surface area contributed by atoms with Gasteiger partial charge in [-0.3, -0.25) is 0 Å². The van der Waals surface area contributed by atoms with Gasteiger partial charge in [-0.25, -0.2) is 9.18 Å². The van der Waals surface area contributed by atoms with Crippen molar-refractivity contribution in [2.75, 3.05) is 0 Å². The number of fused-ring (bicyclic) bond motifs is 3. The predicted octanol–water partition coefficient (Wildman–Crippen LogP) is 5.14. The van der Waals surface area contributed by atoms with E-state index in [0.29, 0.717) is 11.0 Å². The first-order valence-electron chi connectivity index (χ1n) is 6.87. The summed E-state index contributed by atoms with van der Waals surface area (Å²) in [6.45, 7) is 8.00. The van der Waals surface area contributed by atoms with Crippen LogP contribution in [0.1, 0.15) is 27.7 Å². The average molecular weight is 274 g/mol. The monoisotopic (exact) mass is 274 g/mol. The van der Waals surface area contributed by atoms with Crippen molar-refractivity contribution in [1.29, 1.82) is 0 Å². The van der Waals surface area contributed by atoms with E-state index in [1.807, 2.05) is 45.9 Å². The summed E-state index contributed by atoms with van der Waals surface area (Å²) < 4.78 is 18.6. The molecule has 0 bridgehead atoms. The Bertz CT molecular complexity index is 745. The maximum Gasteiger partial charge on any atom is 0.339 e. The van der Waals surface area contributed by atoms with Crippen LogP contribution in [0, 0.1) is 5.82 Å². The first-order valence-corrected chi connectivity index (χ1v) is 6.87. The van der Waals surface area contributed by atoms with Gasteiger partial charge in [0, 0.05) is 5.39 Å². The SMILES string of the molecule is CC.CC.O=c1cc(F)c2ccc3ccccc3c2o1. The van der Waals surface area contributed by atoms with E-state index in [4.69, 9.17) is 4.42 Å². The molecule has 0 unspecified atom stereocenters. The van der Waals surface area contributed by atoms with Crippen LogP contribution in [0.25, 0.3) is 21.7 Å². The van der Waals surface area contributed by atoms with Crippen molar-refractivity contribution in [2.45, 2.75) is 27.7 Å². The van der Waals surface area contributed by atoms with Crippen molar-refractivity contribution in [2.24, 2.45) is 0 Å². The van der Waals surface area contributed by atoms with Crippen LogP contribution in [-0.4, -0.2) is 0 Å². The Hall–Kier alpha value is -2.16. The van der Waals surface area contributed by atoms with Gasteiger partial charge in [0.15, 0.2) is 0 Å². The van der Waals surface area contributed by atoms with Gasteiger partial charge >= 0.3 is 5.63 Å². The molecule has 106 valence electrons. The molecule has 3 heteroatoms. The number of hydrogen-bond acceptors (Lipinski definition) is 2. The largest absolute Gasteiger partial charge is 0.422 e. The van der Waals surface area contributed by atoms with Crippen molar-refractivity contribution in [3.05, 3.63) is 58.7 Å². The lowest BCUT2D eigenvalue weighted by atomic mass is 10.1. The second-order valence-electron chi connectivity index (χ2n) is 3.58. The molecule has 0 spiro atoms. The maximum absolute atomic E-state index is 13.5. The van der Waals surface area contributed by atoms with Crippen LogP contribution in [0.5, 0.6) is 0 Å². The van der Waals surface area contributed by atoms with E-state index < -0.39 is 11.4 Å². The molecule has 0 fully saturated rings. The summed E-state index contributed by atoms with van der Waals surface area (Å²) in [6.07, 6.45) is 0. The molecule has 2 nitrogen and oxygen atoms in total. The van der Waals surface area contributed by atoms with Gasteiger partial charge in [-0.15, -0.1) is 0 Å². The summed E-state index contributed by atoms with van der Waals surface area (Å²) in [5.74, 6) is -0.544. The quantitative estimate of drug-likeness (QED) is 0.420. The third-order valence-corrected chi connectivity index (χ3v) is 2.58. The van der Waals surface area contributed by atoms with E-state index in [-0.39, 0.29) is 0 Å². The zero-order chi connectivity index (χ0) is 15.1. The molecule has 0 saturated carbocycles. The molecular formula is C17H19FO2. The molecule has 0 atom stereocenters. The Morgan fingerprint density at radius 1 is 0.900 bits per heavy atom. The number of halogens is 1. The molecule has 2 aromatic carbocycles. The molecular weight excluding hydrogens is 255 g/mol. The van der Waals surface area contributed by atoms with Crippen LogP contribution in [0.2, 0.25) is 0 Å². The maximum atomic E-state index is 13.5. The molecule has 1 heterocycles. The summed E-state index contributed by atoms with van der Waals surface area (Å²) in [6, 6.07) is 11.7. The van der Waals surface area contributed by atoms with Crippen LogP contribution in [0.4, 0.5) is 4.39 Å². The standard InChI is InChI=1S/C13H7FO2.2C2H6/c14-11-7-12(15)16-13-9-4-2-1-3-8(9)5-6-10(11)13;2*1-2/h1-7H;2*1-2H3. The van der Waals surface area contributed by atoms with Crippen molar-refractivity contribution >= 4 is 21.7 Å². The second kappa shape index (κ2) is 7.43. The molecule has 0 N–H and O–H groups in total. The van der Waals surface area contributed by atoms with Crippen molar-refractivity contribution < 1.29 is 8.81 Å². The third-order valence-electron chi connectivity index (χ3n) is 2.58. The van der Waals surface area contributed by atoms with Crippen LogP contribution in [-0.2, 0) is 0 Å². The molecule has 0 amide bonds. The van der Waals surface area contributed by atoms with Gasteiger partial charge in [-0.05, 0) is 11.5 Å². The van der Waals surface area contributed by atoms with Crippen molar-refractivity contribution in [1.82, 2.24) is 0 Å². The summed E-state index contributed by atoms with van der Waals surface area (Å²) in [5.41, 5.74) is -0.357. The van der Waals surface area contributed by atoms with Crippen molar-refractivity contribution in [3.8, 4) is 0 Å². The van der Waals surface area contributed by atoms with Gasteiger partial charge in [-0.1, -0.05) is 58.0 Å². The van der Waals surface area contributed by atoms with Crippen LogP contribution in [0.15, 0.2) is 51.7 Å². The van der Waals surface area contributed by atoms with E-state index in [0.717, 1.165) is 16.8 Å². The summed E-state index contributed by atoms with van der Waals surface area (Å²) in [4.78, 5) is 11.1. The zero-order valence-corrected chi connectivity index (χ0v) is 12.2. The summed E-state index contributed by atoms with van der Waals surface area (Å²) in [5, 5.41) is 2.00.